The first-order chi connectivity index (χ1) is 14.1. The van der Waals surface area contributed by atoms with E-state index >= 15 is 0 Å². The fourth-order valence-electron chi connectivity index (χ4n) is 2.38. The number of ether oxygens (including phenoxy) is 1. The first-order valence-corrected chi connectivity index (χ1v) is 10.5. The summed E-state index contributed by atoms with van der Waals surface area (Å²) in [4.78, 5) is 13.0. The lowest BCUT2D eigenvalue weighted by Gasteiger charge is -2.10. The summed E-state index contributed by atoms with van der Waals surface area (Å²) < 4.78 is 5.87. The first-order valence-electron chi connectivity index (χ1n) is 8.77. The highest BCUT2D eigenvalue weighted by molar-refractivity contribution is 8.00. The zero-order chi connectivity index (χ0) is 20.5. The lowest BCUT2D eigenvalue weighted by Crippen LogP contribution is -2.19. The standard InChI is InChI=1S/C22H18Cl2N2O2S/c23-18-9-11-19(12-10-18)29-15-22(27)26-25-13-16-5-2-4-8-21(16)28-14-17-6-1-3-7-20(17)24/h1-13H,14-15H2,(H,26,27). The number of carbonyl (C=O) groups excluding carboxylic acids is 1. The number of nitrogens with zero attached hydrogens (tertiary/aromatic N) is 1. The molecule has 0 aliphatic heterocycles. The molecular weight excluding hydrogens is 427 g/mol. The molecule has 0 aromatic heterocycles. The van der Waals surface area contributed by atoms with Gasteiger partial charge in [-0.3, -0.25) is 4.79 Å². The van der Waals surface area contributed by atoms with Crippen molar-refractivity contribution in [2.75, 3.05) is 5.75 Å². The fourth-order valence-corrected chi connectivity index (χ4v) is 3.38. The molecule has 0 atom stereocenters. The molecule has 29 heavy (non-hydrogen) atoms. The Morgan fingerprint density at radius 3 is 2.52 bits per heavy atom. The van der Waals surface area contributed by atoms with E-state index in [9.17, 15) is 4.79 Å². The number of hydrogen-bond donors (Lipinski definition) is 1. The van der Waals surface area contributed by atoms with Gasteiger partial charge in [-0.2, -0.15) is 5.10 Å². The maximum atomic E-state index is 12.0. The summed E-state index contributed by atoms with van der Waals surface area (Å²) >= 11 is 13.4. The van der Waals surface area contributed by atoms with Gasteiger partial charge < -0.3 is 4.74 Å². The van der Waals surface area contributed by atoms with Crippen molar-refractivity contribution in [3.8, 4) is 5.75 Å². The van der Waals surface area contributed by atoms with Gasteiger partial charge in [0, 0.05) is 26.1 Å². The van der Waals surface area contributed by atoms with Crippen molar-refractivity contribution in [2.45, 2.75) is 11.5 Å². The van der Waals surface area contributed by atoms with Crippen LogP contribution in [0.1, 0.15) is 11.1 Å². The first kappa shape index (κ1) is 21.2. The van der Waals surface area contributed by atoms with Gasteiger partial charge in [0.05, 0.1) is 12.0 Å². The van der Waals surface area contributed by atoms with Crippen molar-refractivity contribution in [3.05, 3.63) is 94.0 Å². The van der Waals surface area contributed by atoms with Gasteiger partial charge in [0.25, 0.3) is 0 Å². The molecule has 0 radical (unpaired) electrons. The van der Waals surface area contributed by atoms with Crippen LogP contribution in [0.5, 0.6) is 5.75 Å². The van der Waals surface area contributed by atoms with Gasteiger partial charge in [-0.05, 0) is 42.5 Å². The minimum Gasteiger partial charge on any atom is -0.488 e. The summed E-state index contributed by atoms with van der Waals surface area (Å²) in [6.45, 7) is 0.342. The normalized spacial score (nSPS) is 10.8. The number of para-hydroxylation sites is 1. The quantitative estimate of drug-likeness (QED) is 0.270. The maximum Gasteiger partial charge on any atom is 0.250 e. The Hall–Kier alpha value is -2.47. The zero-order valence-electron chi connectivity index (χ0n) is 15.3. The largest absolute Gasteiger partial charge is 0.488 e. The molecule has 0 aliphatic carbocycles. The van der Waals surface area contributed by atoms with Crippen LogP contribution in [0.4, 0.5) is 0 Å². The Morgan fingerprint density at radius 2 is 1.72 bits per heavy atom. The van der Waals surface area contributed by atoms with Crippen LogP contribution >= 0.6 is 35.0 Å². The van der Waals surface area contributed by atoms with Gasteiger partial charge in [0.2, 0.25) is 5.91 Å². The monoisotopic (exact) mass is 444 g/mol. The number of rotatable bonds is 8. The molecule has 0 saturated carbocycles. The van der Waals surface area contributed by atoms with E-state index in [1.807, 2.05) is 60.7 Å². The van der Waals surface area contributed by atoms with Crippen molar-refractivity contribution < 1.29 is 9.53 Å². The Balaban J connectivity index is 1.53. The Labute approximate surface area is 183 Å². The van der Waals surface area contributed by atoms with Gasteiger partial charge in [-0.1, -0.05) is 53.5 Å². The average molecular weight is 445 g/mol. The molecule has 0 bridgehead atoms. The second-order valence-electron chi connectivity index (χ2n) is 5.95. The predicted molar refractivity (Wildman–Crippen MR) is 120 cm³/mol. The highest BCUT2D eigenvalue weighted by Crippen LogP contribution is 2.21. The molecular formula is C22H18Cl2N2O2S. The molecule has 3 rings (SSSR count). The summed E-state index contributed by atoms with van der Waals surface area (Å²) in [6.07, 6.45) is 1.56. The van der Waals surface area contributed by atoms with Crippen molar-refractivity contribution in [3.63, 3.8) is 0 Å². The predicted octanol–water partition coefficient (Wildman–Crippen LogP) is 5.81. The van der Waals surface area contributed by atoms with Gasteiger partial charge in [-0.25, -0.2) is 5.43 Å². The SMILES string of the molecule is O=C(CSc1ccc(Cl)cc1)NN=Cc1ccccc1OCc1ccccc1Cl. The molecule has 148 valence electrons. The molecule has 0 heterocycles. The third-order valence-corrected chi connectivity index (χ3v) is 5.47. The zero-order valence-corrected chi connectivity index (χ0v) is 17.7. The Kier molecular flexibility index (Phi) is 7.99. The second kappa shape index (κ2) is 10.9. The minimum absolute atomic E-state index is 0.198. The Morgan fingerprint density at radius 1 is 1.00 bits per heavy atom. The van der Waals surface area contributed by atoms with E-state index in [0.717, 1.165) is 16.0 Å². The number of hydrazone groups is 1. The molecule has 0 spiro atoms. The molecule has 0 saturated heterocycles. The van der Waals surface area contributed by atoms with Gasteiger partial charge in [0.1, 0.15) is 12.4 Å². The van der Waals surface area contributed by atoms with Crippen LogP contribution in [0.15, 0.2) is 82.8 Å². The Bertz CT molecular complexity index is 994. The summed E-state index contributed by atoms with van der Waals surface area (Å²) in [5, 5.41) is 5.36. The molecule has 1 amide bonds. The molecule has 0 unspecified atom stereocenters. The van der Waals surface area contributed by atoms with E-state index in [-0.39, 0.29) is 11.7 Å². The van der Waals surface area contributed by atoms with Crippen LogP contribution in [0, 0.1) is 0 Å². The molecule has 0 fully saturated rings. The van der Waals surface area contributed by atoms with Crippen LogP contribution < -0.4 is 10.2 Å². The summed E-state index contributed by atoms with van der Waals surface area (Å²) in [7, 11) is 0. The van der Waals surface area contributed by atoms with Gasteiger partial charge in [0.15, 0.2) is 0 Å². The van der Waals surface area contributed by atoms with Crippen molar-refractivity contribution >= 4 is 47.1 Å². The molecule has 3 aromatic carbocycles. The van der Waals surface area contributed by atoms with Crippen LogP contribution in [0.2, 0.25) is 10.0 Å². The number of carbonyl (C=O) groups is 1. The number of hydrogen-bond acceptors (Lipinski definition) is 4. The highest BCUT2D eigenvalue weighted by Gasteiger charge is 2.05. The van der Waals surface area contributed by atoms with Gasteiger partial charge >= 0.3 is 0 Å². The summed E-state index contributed by atoms with van der Waals surface area (Å²) in [5.41, 5.74) is 4.18. The lowest BCUT2D eigenvalue weighted by molar-refractivity contribution is -0.118. The van der Waals surface area contributed by atoms with Crippen LogP contribution in [-0.2, 0) is 11.4 Å². The molecule has 0 aliphatic rings. The molecule has 1 N–H and O–H groups in total. The van der Waals surface area contributed by atoms with Crippen LogP contribution in [-0.4, -0.2) is 17.9 Å². The van der Waals surface area contributed by atoms with Crippen LogP contribution in [0.3, 0.4) is 0 Å². The summed E-state index contributed by atoms with van der Waals surface area (Å²) in [6, 6.07) is 22.3. The second-order valence-corrected chi connectivity index (χ2v) is 7.85. The van der Waals surface area contributed by atoms with Crippen molar-refractivity contribution in [1.82, 2.24) is 5.43 Å². The smallest absolute Gasteiger partial charge is 0.250 e. The van der Waals surface area contributed by atoms with E-state index < -0.39 is 0 Å². The van der Waals surface area contributed by atoms with E-state index in [1.165, 1.54) is 11.8 Å². The average Bonchev–Trinajstić information content (AvgIpc) is 2.73. The third-order valence-electron chi connectivity index (χ3n) is 3.84. The van der Waals surface area contributed by atoms with E-state index in [2.05, 4.69) is 10.5 Å². The van der Waals surface area contributed by atoms with E-state index in [4.69, 9.17) is 27.9 Å². The fraction of sp³-hybridized carbons (Fsp3) is 0.0909. The lowest BCUT2D eigenvalue weighted by atomic mass is 10.2. The van der Waals surface area contributed by atoms with Crippen molar-refractivity contribution in [1.29, 1.82) is 0 Å². The topological polar surface area (TPSA) is 50.7 Å². The number of thioether (sulfide) groups is 1. The van der Waals surface area contributed by atoms with E-state index in [0.29, 0.717) is 22.4 Å². The number of halogens is 2. The number of nitrogens with one attached hydrogen (secondary N) is 1. The van der Waals surface area contributed by atoms with Crippen molar-refractivity contribution in [2.24, 2.45) is 5.10 Å². The third kappa shape index (κ3) is 6.82. The highest BCUT2D eigenvalue weighted by atomic mass is 35.5. The van der Waals surface area contributed by atoms with Crippen LogP contribution in [0.25, 0.3) is 0 Å². The minimum atomic E-state index is -0.198. The van der Waals surface area contributed by atoms with Gasteiger partial charge in [-0.15, -0.1) is 11.8 Å². The van der Waals surface area contributed by atoms with E-state index in [1.54, 1.807) is 18.3 Å². The molecule has 3 aromatic rings. The molecule has 4 nitrogen and oxygen atoms in total. The number of amides is 1. The molecule has 7 heteroatoms. The number of benzene rings is 3. The maximum absolute atomic E-state index is 12.0. The summed E-state index contributed by atoms with van der Waals surface area (Å²) in [5.74, 6) is 0.709.